The summed E-state index contributed by atoms with van der Waals surface area (Å²) in [6, 6.07) is 13.6. The fraction of sp³-hybridized carbons (Fsp3) is 0.278. The first-order chi connectivity index (χ1) is 10.1. The number of anilines is 1. The summed E-state index contributed by atoms with van der Waals surface area (Å²) in [7, 11) is 0. The van der Waals surface area contributed by atoms with Gasteiger partial charge < -0.3 is 10.1 Å². The molecule has 0 aliphatic rings. The SMILES string of the molecule is CCOCc1ccccc1NC(=O)c1ccc(C)cc1C. The largest absolute Gasteiger partial charge is 0.377 e. The van der Waals surface area contributed by atoms with E-state index in [1.807, 2.05) is 63.2 Å². The molecule has 1 amide bonds. The van der Waals surface area contributed by atoms with E-state index in [-0.39, 0.29) is 5.91 Å². The summed E-state index contributed by atoms with van der Waals surface area (Å²) >= 11 is 0. The van der Waals surface area contributed by atoms with Crippen molar-refractivity contribution >= 4 is 11.6 Å². The summed E-state index contributed by atoms with van der Waals surface area (Å²) in [5.41, 5.74) is 4.62. The zero-order chi connectivity index (χ0) is 15.2. The molecule has 0 spiro atoms. The molecule has 2 aromatic carbocycles. The van der Waals surface area contributed by atoms with Crippen molar-refractivity contribution in [1.29, 1.82) is 0 Å². The molecule has 3 nitrogen and oxygen atoms in total. The quantitative estimate of drug-likeness (QED) is 0.897. The number of aryl methyl sites for hydroxylation is 2. The van der Waals surface area contributed by atoms with E-state index in [1.165, 1.54) is 0 Å². The van der Waals surface area contributed by atoms with Gasteiger partial charge in [0.05, 0.1) is 6.61 Å². The number of carbonyl (C=O) groups excluding carboxylic acids is 1. The number of hydrogen-bond donors (Lipinski definition) is 1. The van der Waals surface area contributed by atoms with Gasteiger partial charge in [0.25, 0.3) is 5.91 Å². The van der Waals surface area contributed by atoms with E-state index in [4.69, 9.17) is 4.74 Å². The van der Waals surface area contributed by atoms with E-state index < -0.39 is 0 Å². The maximum Gasteiger partial charge on any atom is 0.255 e. The molecule has 0 fully saturated rings. The number of para-hydroxylation sites is 1. The fourth-order valence-electron chi connectivity index (χ4n) is 2.24. The molecule has 2 aromatic rings. The van der Waals surface area contributed by atoms with E-state index in [0.29, 0.717) is 18.8 Å². The molecule has 0 saturated carbocycles. The summed E-state index contributed by atoms with van der Waals surface area (Å²) in [5, 5.41) is 2.98. The molecule has 110 valence electrons. The molecule has 0 heterocycles. The molecule has 0 aromatic heterocycles. The molecule has 0 bridgehead atoms. The maximum atomic E-state index is 12.4. The predicted octanol–water partition coefficient (Wildman–Crippen LogP) is 4.09. The normalized spacial score (nSPS) is 10.4. The smallest absolute Gasteiger partial charge is 0.255 e. The van der Waals surface area contributed by atoms with Gasteiger partial charge in [0, 0.05) is 23.4 Å². The van der Waals surface area contributed by atoms with Gasteiger partial charge in [-0.3, -0.25) is 4.79 Å². The van der Waals surface area contributed by atoms with E-state index in [0.717, 1.165) is 22.4 Å². The van der Waals surface area contributed by atoms with Crippen molar-refractivity contribution in [2.45, 2.75) is 27.4 Å². The number of amides is 1. The van der Waals surface area contributed by atoms with Crippen LogP contribution in [0.4, 0.5) is 5.69 Å². The molecule has 0 radical (unpaired) electrons. The third kappa shape index (κ3) is 3.92. The molecular weight excluding hydrogens is 262 g/mol. The van der Waals surface area contributed by atoms with Gasteiger partial charge in [-0.1, -0.05) is 35.9 Å². The maximum absolute atomic E-state index is 12.4. The highest BCUT2D eigenvalue weighted by Crippen LogP contribution is 2.18. The van der Waals surface area contributed by atoms with Crippen LogP contribution in [0.15, 0.2) is 42.5 Å². The van der Waals surface area contributed by atoms with Gasteiger partial charge in [0.15, 0.2) is 0 Å². The molecule has 0 atom stereocenters. The number of rotatable bonds is 5. The Kier molecular flexibility index (Phi) is 5.12. The van der Waals surface area contributed by atoms with Crippen molar-refractivity contribution < 1.29 is 9.53 Å². The highest BCUT2D eigenvalue weighted by molar-refractivity contribution is 6.05. The van der Waals surface area contributed by atoms with Gasteiger partial charge in [0.2, 0.25) is 0 Å². The lowest BCUT2D eigenvalue weighted by molar-refractivity contribution is 0.102. The Labute approximate surface area is 126 Å². The monoisotopic (exact) mass is 283 g/mol. The van der Waals surface area contributed by atoms with Crippen LogP contribution in [0.25, 0.3) is 0 Å². The minimum absolute atomic E-state index is 0.0866. The zero-order valence-electron chi connectivity index (χ0n) is 12.8. The van der Waals surface area contributed by atoms with Crippen molar-refractivity contribution in [3.63, 3.8) is 0 Å². The topological polar surface area (TPSA) is 38.3 Å². The van der Waals surface area contributed by atoms with Crippen molar-refractivity contribution in [1.82, 2.24) is 0 Å². The van der Waals surface area contributed by atoms with Gasteiger partial charge in [-0.2, -0.15) is 0 Å². The van der Waals surface area contributed by atoms with Crippen molar-refractivity contribution in [3.8, 4) is 0 Å². The number of hydrogen-bond acceptors (Lipinski definition) is 2. The predicted molar refractivity (Wildman–Crippen MR) is 85.6 cm³/mol. The average molecular weight is 283 g/mol. The second-order valence-electron chi connectivity index (χ2n) is 5.07. The van der Waals surface area contributed by atoms with Crippen LogP contribution in [0.5, 0.6) is 0 Å². The van der Waals surface area contributed by atoms with E-state index >= 15 is 0 Å². The second kappa shape index (κ2) is 7.04. The average Bonchev–Trinajstić information content (AvgIpc) is 2.46. The molecule has 1 N–H and O–H groups in total. The van der Waals surface area contributed by atoms with Crippen LogP contribution < -0.4 is 5.32 Å². The summed E-state index contributed by atoms with van der Waals surface area (Å²) in [5.74, 6) is -0.0866. The number of benzene rings is 2. The van der Waals surface area contributed by atoms with Gasteiger partial charge in [-0.25, -0.2) is 0 Å². The van der Waals surface area contributed by atoms with Gasteiger partial charge >= 0.3 is 0 Å². The van der Waals surface area contributed by atoms with Crippen LogP contribution in [0.1, 0.15) is 34.0 Å². The van der Waals surface area contributed by atoms with Crippen molar-refractivity contribution in [2.75, 3.05) is 11.9 Å². The van der Waals surface area contributed by atoms with Crippen molar-refractivity contribution in [2.24, 2.45) is 0 Å². The van der Waals surface area contributed by atoms with Crippen molar-refractivity contribution in [3.05, 3.63) is 64.7 Å². The first-order valence-electron chi connectivity index (χ1n) is 7.16. The molecule has 21 heavy (non-hydrogen) atoms. The Morgan fingerprint density at radius 2 is 1.90 bits per heavy atom. The first-order valence-corrected chi connectivity index (χ1v) is 7.16. The van der Waals surface area contributed by atoms with Crippen LogP contribution in [0, 0.1) is 13.8 Å². The molecule has 3 heteroatoms. The van der Waals surface area contributed by atoms with Crippen LogP contribution >= 0.6 is 0 Å². The zero-order valence-corrected chi connectivity index (χ0v) is 12.8. The molecule has 2 rings (SSSR count). The molecular formula is C18H21NO2. The summed E-state index contributed by atoms with van der Waals surface area (Å²) < 4.78 is 5.44. The third-order valence-corrected chi connectivity index (χ3v) is 3.35. The lowest BCUT2D eigenvalue weighted by atomic mass is 10.0. The Morgan fingerprint density at radius 1 is 1.14 bits per heavy atom. The Morgan fingerprint density at radius 3 is 2.62 bits per heavy atom. The minimum Gasteiger partial charge on any atom is -0.377 e. The summed E-state index contributed by atoms with van der Waals surface area (Å²) in [6.45, 7) is 7.08. The van der Waals surface area contributed by atoms with Crippen LogP contribution in [0.2, 0.25) is 0 Å². The summed E-state index contributed by atoms with van der Waals surface area (Å²) in [6.07, 6.45) is 0. The molecule has 0 aliphatic carbocycles. The summed E-state index contributed by atoms with van der Waals surface area (Å²) in [4.78, 5) is 12.4. The Hall–Kier alpha value is -2.13. The van der Waals surface area contributed by atoms with E-state index in [1.54, 1.807) is 0 Å². The van der Waals surface area contributed by atoms with E-state index in [9.17, 15) is 4.79 Å². The third-order valence-electron chi connectivity index (χ3n) is 3.35. The second-order valence-corrected chi connectivity index (χ2v) is 5.07. The Bertz CT molecular complexity index is 635. The van der Waals surface area contributed by atoms with Gasteiger partial charge in [-0.15, -0.1) is 0 Å². The molecule has 0 saturated heterocycles. The molecule has 0 aliphatic heterocycles. The van der Waals surface area contributed by atoms with Crippen LogP contribution in [-0.4, -0.2) is 12.5 Å². The van der Waals surface area contributed by atoms with E-state index in [2.05, 4.69) is 5.32 Å². The van der Waals surface area contributed by atoms with Crippen LogP contribution in [0.3, 0.4) is 0 Å². The van der Waals surface area contributed by atoms with Gasteiger partial charge in [-0.05, 0) is 38.5 Å². The highest BCUT2D eigenvalue weighted by atomic mass is 16.5. The lowest BCUT2D eigenvalue weighted by Gasteiger charge is -2.12. The number of ether oxygens (including phenoxy) is 1. The Balaban J connectivity index is 2.19. The molecule has 0 unspecified atom stereocenters. The highest BCUT2D eigenvalue weighted by Gasteiger charge is 2.11. The number of nitrogens with one attached hydrogen (secondary N) is 1. The van der Waals surface area contributed by atoms with Crippen LogP contribution in [-0.2, 0) is 11.3 Å². The fourth-order valence-corrected chi connectivity index (χ4v) is 2.24. The standard InChI is InChI=1S/C18H21NO2/c1-4-21-12-15-7-5-6-8-17(15)19-18(20)16-10-9-13(2)11-14(16)3/h5-11H,4,12H2,1-3H3,(H,19,20). The first kappa shape index (κ1) is 15.3. The van der Waals surface area contributed by atoms with Gasteiger partial charge in [0.1, 0.15) is 0 Å². The number of carbonyl (C=O) groups is 1. The minimum atomic E-state index is -0.0866. The lowest BCUT2D eigenvalue weighted by Crippen LogP contribution is -2.15.